The molecule has 1 aliphatic rings. The molecule has 0 aliphatic carbocycles. The molecule has 4 heterocycles. The van der Waals surface area contributed by atoms with E-state index in [2.05, 4.69) is 26.5 Å². The van der Waals surface area contributed by atoms with Crippen molar-refractivity contribution in [3.8, 4) is 22.4 Å². The Morgan fingerprint density at radius 1 is 1.03 bits per heavy atom. The Labute approximate surface area is 185 Å². The average Bonchev–Trinajstić information content (AvgIpc) is 3.47. The number of likely N-dealkylation sites (tertiary alicyclic amines) is 1. The van der Waals surface area contributed by atoms with Gasteiger partial charge in [0, 0.05) is 49.2 Å². The lowest BCUT2D eigenvalue weighted by molar-refractivity contribution is 0.0793. The number of hydrogen-bond acceptors (Lipinski definition) is 6. The van der Waals surface area contributed by atoms with Crippen LogP contribution in [0, 0.1) is 0 Å². The number of aryl methyl sites for hydroxylation is 1. The highest BCUT2D eigenvalue weighted by Gasteiger charge is 2.23. The number of carbonyl (C=O) groups is 1. The highest BCUT2D eigenvalue weighted by atomic mass is 16.2. The molecule has 1 saturated heterocycles. The summed E-state index contributed by atoms with van der Waals surface area (Å²) < 4.78 is 1.97. The molecule has 1 fully saturated rings. The van der Waals surface area contributed by atoms with E-state index in [9.17, 15) is 4.79 Å². The van der Waals surface area contributed by atoms with E-state index in [4.69, 9.17) is 5.73 Å². The highest BCUT2D eigenvalue weighted by Crippen LogP contribution is 2.41. The SMILES string of the molecule is C=Cc1ncc(-c2c(-c3ccc(C(=O)N4CCCC4)cc3)c3c(N)ncnc3n2C)cn1. The monoisotopic (exact) mass is 425 g/mol. The van der Waals surface area contributed by atoms with Gasteiger partial charge in [0.05, 0.1) is 11.1 Å². The van der Waals surface area contributed by atoms with Gasteiger partial charge < -0.3 is 15.2 Å². The van der Waals surface area contributed by atoms with Crippen molar-refractivity contribution in [2.45, 2.75) is 12.8 Å². The number of fused-ring (bicyclic) bond motifs is 1. The predicted molar refractivity (Wildman–Crippen MR) is 125 cm³/mol. The maximum Gasteiger partial charge on any atom is 0.253 e. The van der Waals surface area contributed by atoms with Crippen molar-refractivity contribution < 1.29 is 4.79 Å². The summed E-state index contributed by atoms with van der Waals surface area (Å²) in [5.41, 5.74) is 11.2. The average molecular weight is 425 g/mol. The summed E-state index contributed by atoms with van der Waals surface area (Å²) in [4.78, 5) is 32.1. The predicted octanol–water partition coefficient (Wildman–Crippen LogP) is 3.55. The van der Waals surface area contributed by atoms with Crippen LogP contribution in [0.1, 0.15) is 29.0 Å². The Balaban J connectivity index is 1.67. The van der Waals surface area contributed by atoms with Crippen LogP contribution >= 0.6 is 0 Å². The summed E-state index contributed by atoms with van der Waals surface area (Å²) in [7, 11) is 1.93. The summed E-state index contributed by atoms with van der Waals surface area (Å²) in [5.74, 6) is 1.02. The number of nitrogen functional groups attached to an aromatic ring is 1. The smallest absolute Gasteiger partial charge is 0.253 e. The van der Waals surface area contributed by atoms with E-state index >= 15 is 0 Å². The van der Waals surface area contributed by atoms with Crippen molar-refractivity contribution in [1.29, 1.82) is 0 Å². The van der Waals surface area contributed by atoms with Crippen LogP contribution in [0.25, 0.3) is 39.5 Å². The van der Waals surface area contributed by atoms with Crippen LogP contribution in [-0.4, -0.2) is 48.4 Å². The molecule has 8 heteroatoms. The van der Waals surface area contributed by atoms with E-state index in [-0.39, 0.29) is 5.91 Å². The van der Waals surface area contributed by atoms with E-state index in [0.29, 0.717) is 22.9 Å². The maximum atomic E-state index is 12.8. The fraction of sp³-hybridized carbons (Fsp3) is 0.208. The molecule has 0 bridgehead atoms. The lowest BCUT2D eigenvalue weighted by Crippen LogP contribution is -2.27. The first-order chi connectivity index (χ1) is 15.6. The van der Waals surface area contributed by atoms with Gasteiger partial charge in [0.2, 0.25) is 0 Å². The number of hydrogen-bond donors (Lipinski definition) is 1. The molecule has 32 heavy (non-hydrogen) atoms. The number of benzene rings is 1. The van der Waals surface area contributed by atoms with Crippen LogP contribution < -0.4 is 5.73 Å². The van der Waals surface area contributed by atoms with Crippen molar-refractivity contribution >= 4 is 28.8 Å². The van der Waals surface area contributed by atoms with E-state index in [1.807, 2.05) is 40.8 Å². The van der Waals surface area contributed by atoms with Gasteiger partial charge in [-0.2, -0.15) is 0 Å². The van der Waals surface area contributed by atoms with Crippen molar-refractivity contribution in [3.05, 3.63) is 61.0 Å². The number of amides is 1. The molecule has 0 saturated carbocycles. The zero-order chi connectivity index (χ0) is 22.2. The van der Waals surface area contributed by atoms with E-state index in [0.717, 1.165) is 53.7 Å². The molecule has 3 aromatic heterocycles. The maximum absolute atomic E-state index is 12.8. The summed E-state index contributed by atoms with van der Waals surface area (Å²) in [6.07, 6.45) is 8.71. The van der Waals surface area contributed by atoms with Crippen LogP contribution in [0.4, 0.5) is 5.82 Å². The molecule has 160 valence electrons. The molecule has 0 unspecified atom stereocenters. The van der Waals surface area contributed by atoms with Crippen LogP contribution in [0.15, 0.2) is 49.6 Å². The Morgan fingerprint density at radius 3 is 2.38 bits per heavy atom. The van der Waals surface area contributed by atoms with Crippen molar-refractivity contribution in [2.75, 3.05) is 18.8 Å². The quantitative estimate of drug-likeness (QED) is 0.536. The zero-order valence-corrected chi connectivity index (χ0v) is 17.8. The molecule has 1 amide bonds. The fourth-order valence-electron chi connectivity index (χ4n) is 4.34. The third-order valence-electron chi connectivity index (χ3n) is 5.94. The molecule has 1 aliphatic heterocycles. The molecular formula is C24H23N7O. The normalized spacial score (nSPS) is 13.6. The third-order valence-corrected chi connectivity index (χ3v) is 5.94. The van der Waals surface area contributed by atoms with Gasteiger partial charge in [-0.15, -0.1) is 0 Å². The largest absolute Gasteiger partial charge is 0.383 e. The van der Waals surface area contributed by atoms with Gasteiger partial charge >= 0.3 is 0 Å². The number of anilines is 1. The van der Waals surface area contributed by atoms with Gasteiger partial charge in [0.15, 0.2) is 5.82 Å². The van der Waals surface area contributed by atoms with E-state index in [1.54, 1.807) is 18.5 Å². The second-order valence-corrected chi connectivity index (χ2v) is 7.85. The molecule has 4 aromatic rings. The van der Waals surface area contributed by atoms with Gasteiger partial charge in [0.1, 0.15) is 17.8 Å². The number of nitrogens with two attached hydrogens (primary N) is 1. The van der Waals surface area contributed by atoms with Gasteiger partial charge in [-0.3, -0.25) is 4.79 Å². The molecule has 5 rings (SSSR count). The standard InChI is InChI=1S/C24H23N7O/c1-3-18-26-12-17(13-27-18)21-19(20-22(25)28-14-29-23(20)30(21)2)15-6-8-16(9-7-15)24(32)31-10-4-5-11-31/h3,6-9,12-14H,1,4-5,10-11H2,2H3,(H2,25,28,29). The topological polar surface area (TPSA) is 103 Å². The Hall–Kier alpha value is -4.07. The van der Waals surface area contributed by atoms with Crippen LogP contribution in [0.5, 0.6) is 0 Å². The van der Waals surface area contributed by atoms with Crippen molar-refractivity contribution in [1.82, 2.24) is 29.4 Å². The molecule has 0 radical (unpaired) electrons. The summed E-state index contributed by atoms with van der Waals surface area (Å²) in [6.45, 7) is 5.36. The molecular weight excluding hydrogens is 402 g/mol. The zero-order valence-electron chi connectivity index (χ0n) is 17.8. The minimum atomic E-state index is 0.0726. The van der Waals surface area contributed by atoms with Crippen LogP contribution in [0.2, 0.25) is 0 Å². The molecule has 0 spiro atoms. The lowest BCUT2D eigenvalue weighted by Gasteiger charge is -2.15. The molecule has 0 atom stereocenters. The Morgan fingerprint density at radius 2 is 1.72 bits per heavy atom. The van der Waals surface area contributed by atoms with E-state index in [1.165, 1.54) is 6.33 Å². The number of aromatic nitrogens is 5. The summed E-state index contributed by atoms with van der Waals surface area (Å²) in [5, 5.41) is 0.761. The minimum absolute atomic E-state index is 0.0726. The van der Waals surface area contributed by atoms with Gasteiger partial charge in [0.25, 0.3) is 5.91 Å². The number of carbonyl (C=O) groups excluding carboxylic acids is 1. The first kappa shape index (κ1) is 19.9. The Kier molecular flexibility index (Phi) is 4.89. The van der Waals surface area contributed by atoms with Crippen LogP contribution in [-0.2, 0) is 7.05 Å². The highest BCUT2D eigenvalue weighted by molar-refractivity contribution is 6.08. The van der Waals surface area contributed by atoms with Gasteiger partial charge in [-0.1, -0.05) is 18.7 Å². The van der Waals surface area contributed by atoms with E-state index < -0.39 is 0 Å². The first-order valence-electron chi connectivity index (χ1n) is 10.5. The fourth-order valence-corrected chi connectivity index (χ4v) is 4.34. The molecule has 1 aromatic carbocycles. The van der Waals surface area contributed by atoms with Gasteiger partial charge in [-0.25, -0.2) is 19.9 Å². The molecule has 8 nitrogen and oxygen atoms in total. The second-order valence-electron chi connectivity index (χ2n) is 7.85. The van der Waals surface area contributed by atoms with Crippen LogP contribution in [0.3, 0.4) is 0 Å². The third kappa shape index (κ3) is 3.20. The molecule has 2 N–H and O–H groups in total. The van der Waals surface area contributed by atoms with Crippen molar-refractivity contribution in [2.24, 2.45) is 7.05 Å². The van der Waals surface area contributed by atoms with Gasteiger partial charge in [-0.05, 0) is 36.6 Å². The number of rotatable bonds is 4. The lowest BCUT2D eigenvalue weighted by atomic mass is 9.98. The Bertz CT molecular complexity index is 1320. The minimum Gasteiger partial charge on any atom is -0.383 e. The first-order valence-corrected chi connectivity index (χ1v) is 10.5. The van der Waals surface area contributed by atoms with Crippen molar-refractivity contribution in [3.63, 3.8) is 0 Å². The summed E-state index contributed by atoms with van der Waals surface area (Å²) >= 11 is 0. The second kappa shape index (κ2) is 7.88. The number of nitrogens with zero attached hydrogens (tertiary/aromatic N) is 6. The summed E-state index contributed by atoms with van der Waals surface area (Å²) in [6, 6.07) is 7.64.